The number of piperazine rings is 1. The van der Waals surface area contributed by atoms with Gasteiger partial charge in [-0.05, 0) is 19.4 Å². The second-order valence-electron chi connectivity index (χ2n) is 5.76. The molecule has 1 saturated heterocycles. The van der Waals surface area contributed by atoms with E-state index in [-0.39, 0.29) is 17.7 Å². The van der Waals surface area contributed by atoms with E-state index in [1.807, 2.05) is 36.1 Å². The van der Waals surface area contributed by atoms with Crippen molar-refractivity contribution in [3.8, 4) is 0 Å². The van der Waals surface area contributed by atoms with Gasteiger partial charge in [-0.25, -0.2) is 8.42 Å². The third-order valence-corrected chi connectivity index (χ3v) is 5.91. The van der Waals surface area contributed by atoms with E-state index in [2.05, 4.69) is 0 Å². The molecular weight excluding hydrogens is 302 g/mol. The predicted molar refractivity (Wildman–Crippen MR) is 85.6 cm³/mol. The number of rotatable bonds is 5. The lowest BCUT2D eigenvalue weighted by atomic mass is 10.2. The van der Waals surface area contributed by atoms with Crippen LogP contribution in [0, 0.1) is 6.92 Å². The van der Waals surface area contributed by atoms with Crippen molar-refractivity contribution in [1.82, 2.24) is 9.21 Å². The molecule has 2 rings (SSSR count). The smallest absolute Gasteiger partial charge is 0.234 e. The summed E-state index contributed by atoms with van der Waals surface area (Å²) >= 11 is 0. The summed E-state index contributed by atoms with van der Waals surface area (Å²) in [6, 6.07) is 7.17. The molecule has 6 nitrogen and oxygen atoms in total. The molecule has 1 aromatic rings. The monoisotopic (exact) mass is 325 g/mol. The SMILES string of the molecule is Cc1cccc(CS(=O)(=O)N2CCN(C(C)C(N)=O)CC2)c1. The largest absolute Gasteiger partial charge is 0.368 e. The van der Waals surface area contributed by atoms with Crippen LogP contribution in [0.4, 0.5) is 0 Å². The predicted octanol–water partition coefficient (Wildman–Crippen LogP) is 0.316. The number of hydrogen-bond acceptors (Lipinski definition) is 4. The Bertz CT molecular complexity index is 637. The number of carbonyl (C=O) groups is 1. The number of nitrogens with zero attached hydrogens (tertiary/aromatic N) is 2. The number of hydrogen-bond donors (Lipinski definition) is 1. The Balaban J connectivity index is 1.99. The van der Waals surface area contributed by atoms with E-state index in [1.165, 1.54) is 4.31 Å². The van der Waals surface area contributed by atoms with Crippen molar-refractivity contribution < 1.29 is 13.2 Å². The van der Waals surface area contributed by atoms with Crippen LogP contribution in [0.2, 0.25) is 0 Å². The minimum absolute atomic E-state index is 0.0139. The van der Waals surface area contributed by atoms with Crippen LogP contribution in [-0.2, 0) is 20.6 Å². The summed E-state index contributed by atoms with van der Waals surface area (Å²) < 4.78 is 26.5. The molecule has 0 aromatic heterocycles. The summed E-state index contributed by atoms with van der Waals surface area (Å²) in [5.74, 6) is -0.365. The number of primary amides is 1. The van der Waals surface area contributed by atoms with E-state index in [9.17, 15) is 13.2 Å². The van der Waals surface area contributed by atoms with Crippen LogP contribution in [0.1, 0.15) is 18.1 Å². The van der Waals surface area contributed by atoms with E-state index in [0.29, 0.717) is 26.2 Å². The van der Waals surface area contributed by atoms with Gasteiger partial charge in [0.15, 0.2) is 0 Å². The minimum Gasteiger partial charge on any atom is -0.368 e. The molecule has 1 aliphatic heterocycles. The van der Waals surface area contributed by atoms with E-state index < -0.39 is 10.0 Å². The molecular formula is C15H23N3O3S. The molecule has 0 radical (unpaired) electrons. The van der Waals surface area contributed by atoms with Gasteiger partial charge in [-0.3, -0.25) is 9.69 Å². The molecule has 0 aliphatic carbocycles. The van der Waals surface area contributed by atoms with E-state index in [4.69, 9.17) is 5.73 Å². The highest BCUT2D eigenvalue weighted by Crippen LogP contribution is 2.15. The Morgan fingerprint density at radius 2 is 1.91 bits per heavy atom. The van der Waals surface area contributed by atoms with Gasteiger partial charge in [0.2, 0.25) is 15.9 Å². The molecule has 1 fully saturated rings. The second-order valence-corrected chi connectivity index (χ2v) is 7.73. The summed E-state index contributed by atoms with van der Waals surface area (Å²) in [6.07, 6.45) is 0. The molecule has 122 valence electrons. The fourth-order valence-corrected chi connectivity index (χ4v) is 4.16. The van der Waals surface area contributed by atoms with Gasteiger partial charge in [0.1, 0.15) is 0 Å². The summed E-state index contributed by atoms with van der Waals surface area (Å²) in [6.45, 7) is 5.53. The number of amides is 1. The quantitative estimate of drug-likeness (QED) is 0.845. The summed E-state index contributed by atoms with van der Waals surface area (Å²) in [4.78, 5) is 13.1. The normalized spacial score (nSPS) is 19.0. The molecule has 1 aliphatic rings. The van der Waals surface area contributed by atoms with Crippen molar-refractivity contribution in [1.29, 1.82) is 0 Å². The van der Waals surface area contributed by atoms with E-state index >= 15 is 0 Å². The van der Waals surface area contributed by atoms with Gasteiger partial charge in [-0.2, -0.15) is 4.31 Å². The van der Waals surface area contributed by atoms with Crippen molar-refractivity contribution >= 4 is 15.9 Å². The Hall–Kier alpha value is -1.44. The zero-order valence-electron chi connectivity index (χ0n) is 13.0. The molecule has 0 saturated carbocycles. The summed E-state index contributed by atoms with van der Waals surface area (Å²) in [7, 11) is -3.33. The van der Waals surface area contributed by atoms with Crippen molar-refractivity contribution in [2.75, 3.05) is 26.2 Å². The summed E-state index contributed by atoms with van der Waals surface area (Å²) in [5.41, 5.74) is 7.14. The van der Waals surface area contributed by atoms with Crippen molar-refractivity contribution in [2.24, 2.45) is 5.73 Å². The van der Waals surface area contributed by atoms with Gasteiger partial charge in [0.25, 0.3) is 0 Å². The Morgan fingerprint density at radius 3 is 2.45 bits per heavy atom. The van der Waals surface area contributed by atoms with Gasteiger partial charge in [0, 0.05) is 26.2 Å². The lowest BCUT2D eigenvalue weighted by Crippen LogP contribution is -2.54. The molecule has 7 heteroatoms. The molecule has 22 heavy (non-hydrogen) atoms. The van der Waals surface area contributed by atoms with Crippen molar-refractivity contribution in [3.63, 3.8) is 0 Å². The van der Waals surface area contributed by atoms with Crippen LogP contribution < -0.4 is 5.73 Å². The number of sulfonamides is 1. The standard InChI is InChI=1S/C15H23N3O3S/c1-12-4-3-5-14(10-12)11-22(20,21)18-8-6-17(7-9-18)13(2)15(16)19/h3-5,10,13H,6-9,11H2,1-2H3,(H2,16,19). The molecule has 1 unspecified atom stereocenters. The fraction of sp³-hybridized carbons (Fsp3) is 0.533. The highest BCUT2D eigenvalue weighted by atomic mass is 32.2. The number of aryl methyl sites for hydroxylation is 1. The van der Waals surface area contributed by atoms with Crippen LogP contribution in [0.5, 0.6) is 0 Å². The highest BCUT2D eigenvalue weighted by molar-refractivity contribution is 7.88. The first kappa shape index (κ1) is 16.9. The molecule has 0 spiro atoms. The highest BCUT2D eigenvalue weighted by Gasteiger charge is 2.30. The Labute approximate surface area is 131 Å². The van der Waals surface area contributed by atoms with Crippen LogP contribution in [0.25, 0.3) is 0 Å². The number of nitrogens with two attached hydrogens (primary N) is 1. The maximum atomic E-state index is 12.5. The summed E-state index contributed by atoms with van der Waals surface area (Å²) in [5, 5.41) is 0. The van der Waals surface area contributed by atoms with Crippen LogP contribution >= 0.6 is 0 Å². The van der Waals surface area contributed by atoms with Gasteiger partial charge >= 0.3 is 0 Å². The van der Waals surface area contributed by atoms with Gasteiger partial charge < -0.3 is 5.73 Å². The number of benzene rings is 1. The zero-order valence-corrected chi connectivity index (χ0v) is 13.8. The van der Waals surface area contributed by atoms with Crippen LogP contribution in [0.15, 0.2) is 24.3 Å². The molecule has 1 aromatic carbocycles. The molecule has 1 atom stereocenters. The van der Waals surface area contributed by atoms with Crippen molar-refractivity contribution in [2.45, 2.75) is 25.6 Å². The third kappa shape index (κ3) is 4.06. The molecule has 2 N–H and O–H groups in total. The Morgan fingerprint density at radius 1 is 1.27 bits per heavy atom. The molecule has 1 heterocycles. The Kier molecular flexibility index (Phi) is 5.20. The first-order valence-corrected chi connectivity index (χ1v) is 8.97. The lowest BCUT2D eigenvalue weighted by Gasteiger charge is -2.36. The lowest BCUT2D eigenvalue weighted by molar-refractivity contribution is -0.123. The third-order valence-electron chi connectivity index (χ3n) is 4.06. The average Bonchev–Trinajstić information content (AvgIpc) is 2.46. The second kappa shape index (κ2) is 6.76. The van der Waals surface area contributed by atoms with Gasteiger partial charge in [0.05, 0.1) is 11.8 Å². The maximum Gasteiger partial charge on any atom is 0.234 e. The zero-order chi connectivity index (χ0) is 16.3. The minimum atomic E-state index is -3.33. The fourth-order valence-electron chi connectivity index (χ4n) is 2.65. The maximum absolute atomic E-state index is 12.5. The number of carbonyl (C=O) groups excluding carboxylic acids is 1. The first-order chi connectivity index (χ1) is 10.3. The van der Waals surface area contributed by atoms with Crippen LogP contribution in [-0.4, -0.2) is 55.8 Å². The average molecular weight is 325 g/mol. The van der Waals surface area contributed by atoms with E-state index in [0.717, 1.165) is 11.1 Å². The van der Waals surface area contributed by atoms with Gasteiger partial charge in [-0.15, -0.1) is 0 Å². The first-order valence-electron chi connectivity index (χ1n) is 7.36. The molecule has 1 amide bonds. The van der Waals surface area contributed by atoms with E-state index in [1.54, 1.807) is 6.92 Å². The van der Waals surface area contributed by atoms with Gasteiger partial charge in [-0.1, -0.05) is 29.8 Å². The van der Waals surface area contributed by atoms with Crippen LogP contribution in [0.3, 0.4) is 0 Å². The topological polar surface area (TPSA) is 83.7 Å². The van der Waals surface area contributed by atoms with Crippen molar-refractivity contribution in [3.05, 3.63) is 35.4 Å². The molecule has 0 bridgehead atoms.